The minimum absolute atomic E-state index is 0.661. The third kappa shape index (κ3) is 1.02. The molecule has 2 aliphatic carbocycles. The smallest absolute Gasteiger partial charge is 0.0294 e. The van der Waals surface area contributed by atoms with Gasteiger partial charge in [-0.3, -0.25) is 0 Å². The zero-order valence-corrected chi connectivity index (χ0v) is 10.3. The highest BCUT2D eigenvalue weighted by Gasteiger charge is 2.49. The van der Waals surface area contributed by atoms with Gasteiger partial charge in [0.25, 0.3) is 0 Å². The molecule has 13 heavy (non-hydrogen) atoms. The van der Waals surface area contributed by atoms with Crippen LogP contribution in [0.4, 0.5) is 0 Å². The fraction of sp³-hybridized carbons (Fsp3) is 0.455. The Morgan fingerprint density at radius 2 is 1.77 bits per heavy atom. The summed E-state index contributed by atoms with van der Waals surface area (Å²) >= 11 is 7.60. The third-order valence-electron chi connectivity index (χ3n) is 3.35. The molecule has 0 spiro atoms. The maximum atomic E-state index is 3.82. The Balaban J connectivity index is 2.18. The molecule has 0 nitrogen and oxygen atoms in total. The highest BCUT2D eigenvalue weighted by atomic mass is 79.9. The number of benzene rings is 1. The van der Waals surface area contributed by atoms with Crippen LogP contribution in [0, 0.1) is 0 Å². The van der Waals surface area contributed by atoms with Crippen LogP contribution in [0.25, 0.3) is 0 Å². The Hall–Kier alpha value is 0.180. The van der Waals surface area contributed by atoms with Crippen molar-refractivity contribution in [1.29, 1.82) is 0 Å². The molecular weight excluding hydrogens is 292 g/mol. The Bertz CT molecular complexity index is 348. The van der Waals surface area contributed by atoms with Crippen LogP contribution < -0.4 is 0 Å². The van der Waals surface area contributed by atoms with Crippen molar-refractivity contribution in [3.63, 3.8) is 0 Å². The fourth-order valence-corrected chi connectivity index (χ4v) is 5.37. The van der Waals surface area contributed by atoms with E-state index in [1.807, 2.05) is 0 Å². The minimum atomic E-state index is 0.661. The Morgan fingerprint density at radius 1 is 1.08 bits per heavy atom. The summed E-state index contributed by atoms with van der Waals surface area (Å²) in [5.74, 6) is 1.44. The van der Waals surface area contributed by atoms with Gasteiger partial charge in [-0.15, -0.1) is 0 Å². The van der Waals surface area contributed by atoms with Gasteiger partial charge >= 0.3 is 0 Å². The molecule has 0 N–H and O–H groups in total. The lowest BCUT2D eigenvalue weighted by Gasteiger charge is -2.18. The van der Waals surface area contributed by atoms with Crippen molar-refractivity contribution in [2.24, 2.45) is 0 Å². The number of fused-ring (bicyclic) bond motifs is 5. The van der Waals surface area contributed by atoms with E-state index in [0.717, 1.165) is 5.92 Å². The van der Waals surface area contributed by atoms with Crippen LogP contribution in [0.15, 0.2) is 24.3 Å². The Kier molecular flexibility index (Phi) is 1.85. The molecule has 1 saturated carbocycles. The molecule has 2 bridgehead atoms. The van der Waals surface area contributed by atoms with E-state index in [2.05, 4.69) is 56.1 Å². The van der Waals surface area contributed by atoms with Crippen molar-refractivity contribution in [2.75, 3.05) is 0 Å². The molecule has 0 aromatic heterocycles. The second kappa shape index (κ2) is 2.83. The second-order valence-electron chi connectivity index (χ2n) is 3.96. The van der Waals surface area contributed by atoms with Gasteiger partial charge < -0.3 is 0 Å². The summed E-state index contributed by atoms with van der Waals surface area (Å²) in [7, 11) is 0. The maximum absolute atomic E-state index is 3.82. The van der Waals surface area contributed by atoms with E-state index in [1.54, 1.807) is 11.1 Å². The topological polar surface area (TPSA) is 0 Å². The van der Waals surface area contributed by atoms with Gasteiger partial charge in [-0.2, -0.15) is 0 Å². The molecule has 0 saturated heterocycles. The Labute approximate surface area is 95.0 Å². The summed E-state index contributed by atoms with van der Waals surface area (Å²) in [6, 6.07) is 8.87. The summed E-state index contributed by atoms with van der Waals surface area (Å²) in [4.78, 5) is 1.34. The summed E-state index contributed by atoms with van der Waals surface area (Å²) in [5, 5.41) is 0. The van der Waals surface area contributed by atoms with Gasteiger partial charge in [0.1, 0.15) is 0 Å². The number of halogens is 2. The first kappa shape index (κ1) is 8.49. The van der Waals surface area contributed by atoms with Gasteiger partial charge in [0.15, 0.2) is 0 Å². The molecule has 0 radical (unpaired) electrons. The van der Waals surface area contributed by atoms with Crippen molar-refractivity contribution < 1.29 is 0 Å². The van der Waals surface area contributed by atoms with Gasteiger partial charge in [-0.1, -0.05) is 56.1 Å². The lowest BCUT2D eigenvalue weighted by molar-refractivity contribution is 0.743. The normalized spacial score (nSPS) is 40.8. The number of hydrogen-bond acceptors (Lipinski definition) is 0. The van der Waals surface area contributed by atoms with Gasteiger partial charge in [0.2, 0.25) is 0 Å². The van der Waals surface area contributed by atoms with Gasteiger partial charge in [-0.25, -0.2) is 0 Å². The van der Waals surface area contributed by atoms with Gasteiger partial charge in [0.05, 0.1) is 0 Å². The Morgan fingerprint density at radius 3 is 2.54 bits per heavy atom. The SMILES string of the molecule is Br[C@H]1[C@@H]2c3ccccc3[C@@H]1C[C@H]2Br. The van der Waals surface area contributed by atoms with Crippen LogP contribution in [0.5, 0.6) is 0 Å². The average molecular weight is 302 g/mol. The third-order valence-corrected chi connectivity index (χ3v) is 5.50. The predicted molar refractivity (Wildman–Crippen MR) is 62.0 cm³/mol. The monoisotopic (exact) mass is 300 g/mol. The van der Waals surface area contributed by atoms with E-state index >= 15 is 0 Å². The van der Waals surface area contributed by atoms with E-state index in [1.165, 1.54) is 6.42 Å². The van der Waals surface area contributed by atoms with E-state index in [-0.39, 0.29) is 0 Å². The van der Waals surface area contributed by atoms with Crippen molar-refractivity contribution in [3.8, 4) is 0 Å². The van der Waals surface area contributed by atoms with E-state index in [0.29, 0.717) is 15.6 Å². The van der Waals surface area contributed by atoms with Crippen LogP contribution in [-0.2, 0) is 0 Å². The summed E-state index contributed by atoms with van der Waals surface area (Å²) in [6.07, 6.45) is 1.29. The second-order valence-corrected chi connectivity index (χ2v) is 6.19. The molecule has 68 valence electrons. The standard InChI is InChI=1S/C11H10Br2/c12-9-5-8-6-3-1-2-4-7(6)10(9)11(8)13/h1-4,8-11H,5H2/t8-,9+,10+,11+/m0/s1. The molecule has 1 aromatic carbocycles. The molecule has 1 fully saturated rings. The summed E-state index contributed by atoms with van der Waals surface area (Å²) in [6.45, 7) is 0. The van der Waals surface area contributed by atoms with Crippen molar-refractivity contribution in [2.45, 2.75) is 27.9 Å². The molecular formula is C11H10Br2. The molecule has 4 atom stereocenters. The molecule has 0 amide bonds. The van der Waals surface area contributed by atoms with Crippen molar-refractivity contribution >= 4 is 31.9 Å². The summed E-state index contributed by atoms with van der Waals surface area (Å²) in [5.41, 5.74) is 3.13. The van der Waals surface area contributed by atoms with Crippen LogP contribution in [0.3, 0.4) is 0 Å². The summed E-state index contributed by atoms with van der Waals surface area (Å²) < 4.78 is 0. The van der Waals surface area contributed by atoms with E-state index in [4.69, 9.17) is 0 Å². The van der Waals surface area contributed by atoms with Crippen molar-refractivity contribution in [1.82, 2.24) is 0 Å². The lowest BCUT2D eigenvalue weighted by atomic mass is 9.92. The van der Waals surface area contributed by atoms with Crippen LogP contribution in [0.2, 0.25) is 0 Å². The fourth-order valence-electron chi connectivity index (χ4n) is 2.79. The van der Waals surface area contributed by atoms with Gasteiger partial charge in [-0.05, 0) is 23.5 Å². The quantitative estimate of drug-likeness (QED) is 0.640. The average Bonchev–Trinajstić information content (AvgIpc) is 2.56. The minimum Gasteiger partial charge on any atom is -0.0883 e. The van der Waals surface area contributed by atoms with Crippen LogP contribution >= 0.6 is 31.9 Å². The van der Waals surface area contributed by atoms with Crippen LogP contribution in [-0.4, -0.2) is 9.65 Å². The lowest BCUT2D eigenvalue weighted by Crippen LogP contribution is -2.10. The highest BCUT2D eigenvalue weighted by molar-refractivity contribution is 9.10. The maximum Gasteiger partial charge on any atom is 0.0294 e. The van der Waals surface area contributed by atoms with Crippen LogP contribution in [0.1, 0.15) is 29.4 Å². The van der Waals surface area contributed by atoms with Crippen molar-refractivity contribution in [3.05, 3.63) is 35.4 Å². The number of hydrogen-bond donors (Lipinski definition) is 0. The van der Waals surface area contributed by atoms with Gasteiger partial charge in [0, 0.05) is 15.6 Å². The number of alkyl halides is 2. The molecule has 0 aliphatic heterocycles. The van der Waals surface area contributed by atoms with E-state index in [9.17, 15) is 0 Å². The van der Waals surface area contributed by atoms with E-state index < -0.39 is 0 Å². The highest BCUT2D eigenvalue weighted by Crippen LogP contribution is 2.58. The molecule has 3 rings (SSSR count). The predicted octanol–water partition coefficient (Wildman–Crippen LogP) is 3.80. The first-order valence-electron chi connectivity index (χ1n) is 4.66. The first-order valence-corrected chi connectivity index (χ1v) is 6.49. The molecule has 0 unspecified atom stereocenters. The molecule has 0 heterocycles. The largest absolute Gasteiger partial charge is 0.0883 e. The molecule has 2 aliphatic rings. The zero-order valence-electron chi connectivity index (χ0n) is 7.08. The molecule has 1 aromatic rings. The molecule has 2 heteroatoms. The zero-order chi connectivity index (χ0) is 9.00. The number of rotatable bonds is 0. The first-order chi connectivity index (χ1) is 6.29.